The summed E-state index contributed by atoms with van der Waals surface area (Å²) in [6, 6.07) is 14.4. The van der Waals surface area contributed by atoms with Gasteiger partial charge in [-0.25, -0.2) is 0 Å². The van der Waals surface area contributed by atoms with Crippen molar-refractivity contribution in [2.75, 3.05) is 0 Å². The molecule has 2 aromatic heterocycles. The van der Waals surface area contributed by atoms with Gasteiger partial charge in [-0.15, -0.1) is 11.3 Å². The van der Waals surface area contributed by atoms with Gasteiger partial charge in [-0.3, -0.25) is 9.48 Å². The monoisotopic (exact) mass is 351 g/mol. The molecule has 4 rings (SSSR count). The van der Waals surface area contributed by atoms with Crippen LogP contribution in [0.3, 0.4) is 0 Å². The third-order valence-corrected chi connectivity index (χ3v) is 5.51. The minimum Gasteiger partial charge on any atom is -0.349 e. The lowest BCUT2D eigenvalue weighted by Gasteiger charge is -2.12. The lowest BCUT2D eigenvalue weighted by Crippen LogP contribution is -2.34. The van der Waals surface area contributed by atoms with E-state index in [2.05, 4.69) is 24.4 Å². The molecule has 25 heavy (non-hydrogen) atoms. The number of nitrogens with one attached hydrogen (secondary N) is 1. The summed E-state index contributed by atoms with van der Waals surface area (Å²) in [4.78, 5) is 13.8. The first-order valence-electron chi connectivity index (χ1n) is 8.67. The Kier molecular flexibility index (Phi) is 4.40. The fraction of sp³-hybridized carbons (Fsp3) is 0.300. The van der Waals surface area contributed by atoms with Crippen LogP contribution >= 0.6 is 11.3 Å². The van der Waals surface area contributed by atoms with Gasteiger partial charge in [0.2, 0.25) is 0 Å². The maximum absolute atomic E-state index is 12.8. The zero-order valence-corrected chi connectivity index (χ0v) is 15.0. The Hall–Kier alpha value is -2.40. The molecule has 0 spiro atoms. The molecular formula is C20H21N3OS. The standard InChI is InChI=1S/C20H21N3OS/c1-14(16-9-10-16)21-20(24)17-13-23(12-15-6-3-2-4-7-15)22-19(17)18-8-5-11-25-18/h2-8,11,13-14,16H,9-10,12H2,1H3,(H,21,24)/t14-/m0/s1. The van der Waals surface area contributed by atoms with Gasteiger partial charge in [-0.1, -0.05) is 36.4 Å². The summed E-state index contributed by atoms with van der Waals surface area (Å²) in [5, 5.41) is 9.87. The van der Waals surface area contributed by atoms with E-state index in [0.29, 0.717) is 18.0 Å². The van der Waals surface area contributed by atoms with Gasteiger partial charge < -0.3 is 5.32 Å². The van der Waals surface area contributed by atoms with E-state index < -0.39 is 0 Å². The van der Waals surface area contributed by atoms with Crippen molar-refractivity contribution in [1.82, 2.24) is 15.1 Å². The summed E-state index contributed by atoms with van der Waals surface area (Å²) in [5.41, 5.74) is 2.60. The number of carbonyl (C=O) groups excluding carboxylic acids is 1. The zero-order valence-electron chi connectivity index (χ0n) is 14.2. The SMILES string of the molecule is C[C@H](NC(=O)c1cn(Cc2ccccc2)nc1-c1cccs1)C1CC1. The Morgan fingerprint density at radius 1 is 1.28 bits per heavy atom. The molecule has 1 amide bonds. The maximum atomic E-state index is 12.8. The van der Waals surface area contributed by atoms with Gasteiger partial charge in [0, 0.05) is 12.2 Å². The van der Waals surface area contributed by atoms with Crippen molar-refractivity contribution in [3.05, 3.63) is 65.2 Å². The second kappa shape index (κ2) is 6.84. The predicted molar refractivity (Wildman–Crippen MR) is 101 cm³/mol. The minimum absolute atomic E-state index is 0.0258. The minimum atomic E-state index is -0.0258. The highest BCUT2D eigenvalue weighted by molar-refractivity contribution is 7.13. The van der Waals surface area contributed by atoms with Gasteiger partial charge in [0.25, 0.3) is 5.91 Å². The maximum Gasteiger partial charge on any atom is 0.255 e. The molecule has 1 saturated carbocycles. The predicted octanol–water partition coefficient (Wildman–Crippen LogP) is 4.19. The smallest absolute Gasteiger partial charge is 0.255 e. The molecule has 1 fully saturated rings. The lowest BCUT2D eigenvalue weighted by atomic mass is 10.1. The number of thiophene rings is 1. The highest BCUT2D eigenvalue weighted by Gasteiger charge is 2.30. The lowest BCUT2D eigenvalue weighted by molar-refractivity contribution is 0.0936. The van der Waals surface area contributed by atoms with Crippen LogP contribution in [0.2, 0.25) is 0 Å². The fourth-order valence-electron chi connectivity index (χ4n) is 3.03. The van der Waals surface area contributed by atoms with E-state index in [0.717, 1.165) is 10.6 Å². The summed E-state index contributed by atoms with van der Waals surface area (Å²) in [5.74, 6) is 0.607. The van der Waals surface area contributed by atoms with Gasteiger partial charge in [-0.05, 0) is 42.7 Å². The first kappa shape index (κ1) is 16.1. The van der Waals surface area contributed by atoms with Gasteiger partial charge >= 0.3 is 0 Å². The quantitative estimate of drug-likeness (QED) is 0.724. The zero-order chi connectivity index (χ0) is 17.2. The third kappa shape index (κ3) is 3.66. The van der Waals surface area contributed by atoms with Crippen LogP contribution in [0, 0.1) is 5.92 Å². The number of amides is 1. The number of hydrogen-bond donors (Lipinski definition) is 1. The van der Waals surface area contributed by atoms with Crippen LogP contribution in [0.15, 0.2) is 54.0 Å². The van der Waals surface area contributed by atoms with Crippen molar-refractivity contribution in [2.45, 2.75) is 32.4 Å². The first-order chi connectivity index (χ1) is 12.2. The number of nitrogens with zero attached hydrogens (tertiary/aromatic N) is 2. The van der Waals surface area contributed by atoms with E-state index in [1.807, 2.05) is 46.6 Å². The molecular weight excluding hydrogens is 330 g/mol. The normalized spacial score (nSPS) is 15.1. The van der Waals surface area contributed by atoms with Gasteiger partial charge in [0.1, 0.15) is 5.69 Å². The van der Waals surface area contributed by atoms with Gasteiger partial charge in [0.05, 0.1) is 17.0 Å². The van der Waals surface area contributed by atoms with Crippen LogP contribution in [0.5, 0.6) is 0 Å². The molecule has 1 atom stereocenters. The molecule has 0 radical (unpaired) electrons. The first-order valence-corrected chi connectivity index (χ1v) is 9.55. The second-order valence-corrected chi connectivity index (χ2v) is 7.60. The van der Waals surface area contributed by atoms with Crippen LogP contribution in [0.25, 0.3) is 10.6 Å². The number of hydrogen-bond acceptors (Lipinski definition) is 3. The van der Waals surface area contributed by atoms with Crippen LogP contribution in [0.1, 0.15) is 35.7 Å². The molecule has 1 N–H and O–H groups in total. The Balaban J connectivity index is 1.62. The van der Waals surface area contributed by atoms with Crippen molar-refractivity contribution in [3.8, 4) is 10.6 Å². The van der Waals surface area contributed by atoms with Crippen molar-refractivity contribution in [2.24, 2.45) is 5.92 Å². The van der Waals surface area contributed by atoms with Crippen molar-refractivity contribution in [3.63, 3.8) is 0 Å². The molecule has 3 aromatic rings. The van der Waals surface area contributed by atoms with Crippen LogP contribution in [0.4, 0.5) is 0 Å². The largest absolute Gasteiger partial charge is 0.349 e. The van der Waals surface area contributed by atoms with E-state index in [1.54, 1.807) is 11.3 Å². The average Bonchev–Trinajstić information content (AvgIpc) is 3.16. The number of aromatic nitrogens is 2. The molecule has 1 aliphatic carbocycles. The Labute approximate surface area is 151 Å². The molecule has 128 valence electrons. The Bertz CT molecular complexity index is 850. The second-order valence-electron chi connectivity index (χ2n) is 6.65. The van der Waals surface area contributed by atoms with E-state index >= 15 is 0 Å². The topological polar surface area (TPSA) is 46.9 Å². The van der Waals surface area contributed by atoms with Crippen molar-refractivity contribution < 1.29 is 4.79 Å². The van der Waals surface area contributed by atoms with E-state index in [9.17, 15) is 4.79 Å². The van der Waals surface area contributed by atoms with E-state index in [1.165, 1.54) is 18.4 Å². The van der Waals surface area contributed by atoms with E-state index in [4.69, 9.17) is 5.10 Å². The highest BCUT2D eigenvalue weighted by Crippen LogP contribution is 2.33. The molecule has 0 unspecified atom stereocenters. The molecule has 1 aromatic carbocycles. The number of rotatable bonds is 6. The molecule has 0 bridgehead atoms. The molecule has 0 aliphatic heterocycles. The molecule has 2 heterocycles. The van der Waals surface area contributed by atoms with Crippen molar-refractivity contribution >= 4 is 17.2 Å². The Morgan fingerprint density at radius 3 is 2.76 bits per heavy atom. The van der Waals surface area contributed by atoms with Crippen LogP contribution < -0.4 is 5.32 Å². The summed E-state index contributed by atoms with van der Waals surface area (Å²) < 4.78 is 1.86. The highest BCUT2D eigenvalue weighted by atomic mass is 32.1. The third-order valence-electron chi connectivity index (χ3n) is 4.64. The summed E-state index contributed by atoms with van der Waals surface area (Å²) in [6.07, 6.45) is 4.30. The van der Waals surface area contributed by atoms with E-state index in [-0.39, 0.29) is 11.9 Å². The molecule has 0 saturated heterocycles. The molecule has 5 heteroatoms. The summed E-state index contributed by atoms with van der Waals surface area (Å²) in [6.45, 7) is 2.75. The summed E-state index contributed by atoms with van der Waals surface area (Å²) in [7, 11) is 0. The summed E-state index contributed by atoms with van der Waals surface area (Å²) >= 11 is 1.61. The van der Waals surface area contributed by atoms with Crippen molar-refractivity contribution in [1.29, 1.82) is 0 Å². The molecule has 1 aliphatic rings. The van der Waals surface area contributed by atoms with Gasteiger partial charge in [-0.2, -0.15) is 5.10 Å². The molecule has 4 nitrogen and oxygen atoms in total. The number of carbonyl (C=O) groups is 1. The fourth-order valence-corrected chi connectivity index (χ4v) is 3.76. The van der Waals surface area contributed by atoms with Gasteiger partial charge in [0.15, 0.2) is 0 Å². The van der Waals surface area contributed by atoms with Crippen LogP contribution in [-0.4, -0.2) is 21.7 Å². The number of benzene rings is 1. The Morgan fingerprint density at radius 2 is 2.08 bits per heavy atom. The van der Waals surface area contributed by atoms with Crippen LogP contribution in [-0.2, 0) is 6.54 Å². The average molecular weight is 351 g/mol.